The second-order valence-corrected chi connectivity index (χ2v) is 7.18. The van der Waals surface area contributed by atoms with Crippen LogP contribution in [0.5, 0.6) is 0 Å². The van der Waals surface area contributed by atoms with E-state index >= 15 is 0 Å². The van der Waals surface area contributed by atoms with Crippen molar-refractivity contribution in [3.05, 3.63) is 27.0 Å². The largest absolute Gasteiger partial charge is 0.353 e. The van der Waals surface area contributed by atoms with Crippen LogP contribution in [0.4, 0.5) is 22.5 Å². The molecular weight excluding hydrogens is 328 g/mol. The van der Waals surface area contributed by atoms with Gasteiger partial charge in [-0.2, -0.15) is 0 Å². The first-order valence-electron chi connectivity index (χ1n) is 7.94. The van der Waals surface area contributed by atoms with Crippen LogP contribution in [0.1, 0.15) is 36.8 Å². The molecule has 3 heterocycles. The van der Waals surface area contributed by atoms with Gasteiger partial charge in [-0.05, 0) is 40.0 Å². The van der Waals surface area contributed by atoms with E-state index in [1.54, 1.807) is 0 Å². The Bertz CT molecular complexity index is 743. The number of thiazole rings is 1. The van der Waals surface area contributed by atoms with Crippen LogP contribution in [-0.4, -0.2) is 32.5 Å². The van der Waals surface area contributed by atoms with Gasteiger partial charge >= 0.3 is 5.69 Å². The van der Waals surface area contributed by atoms with Crippen LogP contribution < -0.4 is 10.2 Å². The first-order valence-corrected chi connectivity index (χ1v) is 8.76. The SMILES string of the molecule is Cc1nc(Nc2ncnc(N3CCCCC3C)c2[N+](=O)[O-])sc1C. The third-order valence-electron chi connectivity index (χ3n) is 4.31. The molecule has 0 aromatic carbocycles. The monoisotopic (exact) mass is 348 g/mol. The quantitative estimate of drug-likeness (QED) is 0.666. The first-order chi connectivity index (χ1) is 11.5. The predicted molar refractivity (Wildman–Crippen MR) is 94.2 cm³/mol. The minimum atomic E-state index is -0.410. The van der Waals surface area contributed by atoms with Gasteiger partial charge in [0.05, 0.1) is 10.6 Å². The van der Waals surface area contributed by atoms with E-state index in [0.29, 0.717) is 10.9 Å². The molecule has 0 bridgehead atoms. The van der Waals surface area contributed by atoms with E-state index in [4.69, 9.17) is 0 Å². The second-order valence-electron chi connectivity index (χ2n) is 5.98. The van der Waals surface area contributed by atoms with Crippen LogP contribution in [0, 0.1) is 24.0 Å². The molecule has 1 atom stereocenters. The number of piperidine rings is 1. The van der Waals surface area contributed by atoms with Gasteiger partial charge in [0.25, 0.3) is 0 Å². The fraction of sp³-hybridized carbons (Fsp3) is 0.533. The number of aromatic nitrogens is 3. The average Bonchev–Trinajstić information content (AvgIpc) is 2.85. The maximum absolute atomic E-state index is 11.7. The van der Waals surface area contributed by atoms with Crippen molar-refractivity contribution in [1.29, 1.82) is 0 Å². The summed E-state index contributed by atoms with van der Waals surface area (Å²) >= 11 is 1.45. The molecule has 128 valence electrons. The molecule has 2 aromatic rings. The zero-order valence-electron chi connectivity index (χ0n) is 13.9. The molecular formula is C15H20N6O2S. The molecule has 1 aliphatic rings. The third-order valence-corrected chi connectivity index (χ3v) is 5.30. The number of nitrogens with one attached hydrogen (secondary N) is 1. The van der Waals surface area contributed by atoms with Crippen molar-refractivity contribution in [2.75, 3.05) is 16.8 Å². The maximum atomic E-state index is 11.7. The Morgan fingerprint density at radius 2 is 2.17 bits per heavy atom. The molecule has 0 radical (unpaired) electrons. The molecule has 3 rings (SSSR count). The van der Waals surface area contributed by atoms with Gasteiger partial charge in [-0.3, -0.25) is 10.1 Å². The Morgan fingerprint density at radius 3 is 2.79 bits per heavy atom. The molecule has 0 saturated carbocycles. The fourth-order valence-electron chi connectivity index (χ4n) is 2.88. The summed E-state index contributed by atoms with van der Waals surface area (Å²) in [6.45, 7) is 6.72. The first kappa shape index (κ1) is 16.6. The highest BCUT2D eigenvalue weighted by Gasteiger charge is 2.31. The van der Waals surface area contributed by atoms with Crippen molar-refractivity contribution >= 4 is 33.8 Å². The minimum absolute atomic E-state index is 0.0863. The zero-order chi connectivity index (χ0) is 17.3. The fourth-order valence-corrected chi connectivity index (χ4v) is 3.69. The van der Waals surface area contributed by atoms with Crippen molar-refractivity contribution in [2.24, 2.45) is 0 Å². The predicted octanol–water partition coefficient (Wildman–Crippen LogP) is 3.58. The van der Waals surface area contributed by atoms with Crippen molar-refractivity contribution in [3.63, 3.8) is 0 Å². The summed E-state index contributed by atoms with van der Waals surface area (Å²) in [4.78, 5) is 27.0. The highest BCUT2D eigenvalue weighted by Crippen LogP contribution is 2.37. The lowest BCUT2D eigenvalue weighted by Crippen LogP contribution is -2.38. The smallest absolute Gasteiger partial charge is 0.348 e. The standard InChI is InChI=1S/C15H20N6O2S/c1-9-6-4-5-7-20(9)14-12(21(22)23)13(16-8-17-14)19-15-18-10(2)11(3)24-15/h8-9H,4-7H2,1-3H3,(H,16,17,18,19). The molecule has 1 aliphatic heterocycles. The molecule has 0 spiro atoms. The molecule has 2 aromatic heterocycles. The molecule has 1 N–H and O–H groups in total. The number of nitrogens with zero attached hydrogens (tertiary/aromatic N) is 5. The summed E-state index contributed by atoms with van der Waals surface area (Å²) < 4.78 is 0. The van der Waals surface area contributed by atoms with Crippen LogP contribution in [0.2, 0.25) is 0 Å². The summed E-state index contributed by atoms with van der Waals surface area (Å²) in [6, 6.07) is 0.226. The molecule has 1 saturated heterocycles. The van der Waals surface area contributed by atoms with Crippen molar-refractivity contribution < 1.29 is 4.92 Å². The number of rotatable bonds is 4. The molecule has 0 aliphatic carbocycles. The van der Waals surface area contributed by atoms with Gasteiger partial charge in [0, 0.05) is 17.5 Å². The van der Waals surface area contributed by atoms with Crippen LogP contribution in [0.25, 0.3) is 0 Å². The summed E-state index contributed by atoms with van der Waals surface area (Å²) in [7, 11) is 0. The number of anilines is 3. The van der Waals surface area contributed by atoms with Crippen molar-refractivity contribution in [1.82, 2.24) is 15.0 Å². The van der Waals surface area contributed by atoms with Crippen molar-refractivity contribution in [3.8, 4) is 0 Å². The number of hydrogen-bond donors (Lipinski definition) is 1. The van der Waals surface area contributed by atoms with Gasteiger partial charge in [0.15, 0.2) is 5.13 Å². The van der Waals surface area contributed by atoms with E-state index in [0.717, 1.165) is 36.4 Å². The van der Waals surface area contributed by atoms with Crippen molar-refractivity contribution in [2.45, 2.75) is 46.1 Å². The maximum Gasteiger partial charge on any atom is 0.353 e. The highest BCUT2D eigenvalue weighted by atomic mass is 32.1. The molecule has 0 amide bonds. The van der Waals surface area contributed by atoms with Gasteiger partial charge in [-0.1, -0.05) is 0 Å². The lowest BCUT2D eigenvalue weighted by molar-refractivity contribution is -0.383. The average molecular weight is 348 g/mol. The zero-order valence-corrected chi connectivity index (χ0v) is 14.8. The van der Waals surface area contributed by atoms with E-state index in [1.165, 1.54) is 17.7 Å². The van der Waals surface area contributed by atoms with Gasteiger partial charge in [-0.15, -0.1) is 11.3 Å². The van der Waals surface area contributed by atoms with Crippen LogP contribution in [-0.2, 0) is 0 Å². The number of aryl methyl sites for hydroxylation is 2. The Balaban J connectivity index is 2.00. The number of hydrogen-bond acceptors (Lipinski definition) is 8. The van der Waals surface area contributed by atoms with Crippen LogP contribution in [0.3, 0.4) is 0 Å². The van der Waals surface area contributed by atoms with E-state index in [-0.39, 0.29) is 17.5 Å². The highest BCUT2D eigenvalue weighted by molar-refractivity contribution is 7.15. The second kappa shape index (κ2) is 6.68. The van der Waals surface area contributed by atoms with E-state index < -0.39 is 4.92 Å². The Morgan fingerprint density at radius 1 is 1.38 bits per heavy atom. The summed E-state index contributed by atoms with van der Waals surface area (Å²) in [6.07, 6.45) is 4.53. The van der Waals surface area contributed by atoms with E-state index in [9.17, 15) is 10.1 Å². The lowest BCUT2D eigenvalue weighted by Gasteiger charge is -2.33. The van der Waals surface area contributed by atoms with Gasteiger partial charge in [-0.25, -0.2) is 15.0 Å². The van der Waals surface area contributed by atoms with Crippen LogP contribution >= 0.6 is 11.3 Å². The molecule has 24 heavy (non-hydrogen) atoms. The number of nitro groups is 1. The Hall–Kier alpha value is -2.29. The summed E-state index contributed by atoms with van der Waals surface area (Å²) in [5, 5.41) is 15.3. The minimum Gasteiger partial charge on any atom is -0.348 e. The topological polar surface area (TPSA) is 97.1 Å². The van der Waals surface area contributed by atoms with E-state index in [1.807, 2.05) is 18.7 Å². The third kappa shape index (κ3) is 3.16. The summed E-state index contributed by atoms with van der Waals surface area (Å²) in [5.41, 5.74) is 0.820. The lowest BCUT2D eigenvalue weighted by atomic mass is 10.0. The van der Waals surface area contributed by atoms with Gasteiger partial charge in [0.1, 0.15) is 6.33 Å². The summed E-state index contributed by atoms with van der Waals surface area (Å²) in [5.74, 6) is 0.575. The Kier molecular flexibility index (Phi) is 4.61. The molecule has 1 unspecified atom stereocenters. The molecule has 1 fully saturated rings. The molecule has 9 heteroatoms. The van der Waals surface area contributed by atoms with Gasteiger partial charge in [0.2, 0.25) is 11.6 Å². The normalized spacial score (nSPS) is 17.8. The van der Waals surface area contributed by atoms with E-state index in [2.05, 4.69) is 27.2 Å². The van der Waals surface area contributed by atoms with Gasteiger partial charge < -0.3 is 10.2 Å². The Labute approximate surface area is 144 Å². The van der Waals surface area contributed by atoms with Crippen LogP contribution in [0.15, 0.2) is 6.33 Å². The molecule has 8 nitrogen and oxygen atoms in total.